The second-order valence-electron chi connectivity index (χ2n) is 6.98. The number of thioether (sulfide) groups is 1. The van der Waals surface area contributed by atoms with Crippen LogP contribution in [0.1, 0.15) is 21.7 Å². The smallest absolute Gasteiger partial charge is 0.293 e. The van der Waals surface area contributed by atoms with Crippen LogP contribution in [-0.2, 0) is 16.1 Å². The first kappa shape index (κ1) is 22.1. The fraction of sp³-hybridized carbons (Fsp3) is 0.174. The number of nitrogens with zero attached hydrogens (tertiary/aromatic N) is 1. The Balaban J connectivity index is 1.41. The third-order valence-electron chi connectivity index (χ3n) is 4.86. The fourth-order valence-electron chi connectivity index (χ4n) is 3.33. The van der Waals surface area contributed by atoms with Crippen LogP contribution in [-0.4, -0.2) is 42.2 Å². The number of imide groups is 1. The number of hydrogen-bond acceptors (Lipinski definition) is 6. The molecule has 0 aliphatic carbocycles. The van der Waals surface area contributed by atoms with E-state index in [0.717, 1.165) is 27.6 Å². The second kappa shape index (κ2) is 9.60. The number of carbonyl (C=O) groups is 3. The molecule has 9 heteroatoms. The number of hydrogen-bond donors (Lipinski definition) is 1. The number of methoxy groups -OCH3 is 1. The van der Waals surface area contributed by atoms with Crippen molar-refractivity contribution in [3.05, 3.63) is 75.3 Å². The molecule has 1 aromatic heterocycles. The number of para-hydroxylation sites is 1. The molecule has 0 saturated carbocycles. The van der Waals surface area contributed by atoms with Crippen LogP contribution in [0.4, 0.5) is 4.79 Å². The number of amides is 3. The van der Waals surface area contributed by atoms with Gasteiger partial charge in [0.1, 0.15) is 5.58 Å². The summed E-state index contributed by atoms with van der Waals surface area (Å²) in [6, 6.07) is 14.3. The maximum absolute atomic E-state index is 12.7. The fourth-order valence-corrected chi connectivity index (χ4v) is 4.33. The molecule has 7 nitrogen and oxygen atoms in total. The van der Waals surface area contributed by atoms with Gasteiger partial charge >= 0.3 is 0 Å². The highest BCUT2D eigenvalue weighted by Crippen LogP contribution is 2.32. The van der Waals surface area contributed by atoms with Gasteiger partial charge in [-0.2, -0.15) is 0 Å². The summed E-state index contributed by atoms with van der Waals surface area (Å²) in [5, 5.41) is 3.73. The molecule has 164 valence electrons. The zero-order valence-corrected chi connectivity index (χ0v) is 18.7. The van der Waals surface area contributed by atoms with Crippen LogP contribution in [0.25, 0.3) is 17.0 Å². The highest BCUT2D eigenvalue weighted by atomic mass is 35.5. The normalized spacial score (nSPS) is 15.2. The SMILES string of the molecule is COCc1c(C(=O)NCCN2C(=O)SC(=Cc3ccc(Cl)cc3)C2=O)oc2ccccc12. The zero-order chi connectivity index (χ0) is 22.7. The number of benzene rings is 2. The maximum atomic E-state index is 12.7. The number of nitrogens with one attached hydrogen (secondary N) is 1. The van der Waals surface area contributed by atoms with Gasteiger partial charge in [0.15, 0.2) is 5.76 Å². The number of furan rings is 1. The van der Waals surface area contributed by atoms with Crippen LogP contribution >= 0.6 is 23.4 Å². The van der Waals surface area contributed by atoms with Crippen LogP contribution in [0.2, 0.25) is 5.02 Å². The molecule has 0 unspecified atom stereocenters. The van der Waals surface area contributed by atoms with Gasteiger partial charge in [0.2, 0.25) is 0 Å². The molecule has 0 radical (unpaired) electrons. The first-order chi connectivity index (χ1) is 15.5. The first-order valence-corrected chi connectivity index (χ1v) is 11.0. The standard InChI is InChI=1S/C23H19ClN2O5S/c1-30-13-17-16-4-2-3-5-18(16)31-20(17)21(27)25-10-11-26-22(28)19(32-23(26)29)12-14-6-8-15(24)9-7-14/h2-9,12H,10-11,13H2,1H3,(H,25,27). The molecule has 3 aromatic rings. The first-order valence-electron chi connectivity index (χ1n) is 9.76. The number of fused-ring (bicyclic) bond motifs is 1. The molecule has 2 aromatic carbocycles. The molecule has 1 N–H and O–H groups in total. The molecule has 1 aliphatic rings. The number of rotatable bonds is 7. The average molecular weight is 471 g/mol. The number of halogens is 1. The quantitative estimate of drug-likeness (QED) is 0.503. The Morgan fingerprint density at radius 2 is 1.94 bits per heavy atom. The Labute approximate surface area is 193 Å². The number of ether oxygens (including phenoxy) is 1. The predicted molar refractivity (Wildman–Crippen MR) is 123 cm³/mol. The van der Waals surface area contributed by atoms with Crippen LogP contribution < -0.4 is 5.32 Å². The Morgan fingerprint density at radius 3 is 2.69 bits per heavy atom. The molecule has 0 atom stereocenters. The largest absolute Gasteiger partial charge is 0.451 e. The predicted octanol–water partition coefficient (Wildman–Crippen LogP) is 4.70. The highest BCUT2D eigenvalue weighted by molar-refractivity contribution is 8.18. The van der Waals surface area contributed by atoms with Crippen molar-refractivity contribution in [2.45, 2.75) is 6.61 Å². The molecule has 1 saturated heterocycles. The maximum Gasteiger partial charge on any atom is 0.293 e. The molecular formula is C23H19ClN2O5S. The van der Waals surface area contributed by atoms with Gasteiger partial charge in [0.05, 0.1) is 11.5 Å². The van der Waals surface area contributed by atoms with Crippen molar-refractivity contribution in [1.82, 2.24) is 10.2 Å². The average Bonchev–Trinajstić information content (AvgIpc) is 3.28. The van der Waals surface area contributed by atoms with Crippen molar-refractivity contribution in [1.29, 1.82) is 0 Å². The third kappa shape index (κ3) is 4.57. The van der Waals surface area contributed by atoms with E-state index in [4.69, 9.17) is 20.8 Å². The molecule has 1 aliphatic heterocycles. The second-order valence-corrected chi connectivity index (χ2v) is 8.41. The van der Waals surface area contributed by atoms with E-state index >= 15 is 0 Å². The van der Waals surface area contributed by atoms with Crippen LogP contribution in [0.5, 0.6) is 0 Å². The summed E-state index contributed by atoms with van der Waals surface area (Å²) >= 11 is 6.74. The van der Waals surface area contributed by atoms with Gasteiger partial charge in [0, 0.05) is 36.2 Å². The molecule has 2 heterocycles. The molecule has 0 bridgehead atoms. The highest BCUT2D eigenvalue weighted by Gasteiger charge is 2.34. The topological polar surface area (TPSA) is 88.9 Å². The van der Waals surface area contributed by atoms with E-state index in [1.54, 1.807) is 43.5 Å². The van der Waals surface area contributed by atoms with Gasteiger partial charge in [0.25, 0.3) is 17.1 Å². The van der Waals surface area contributed by atoms with Crippen LogP contribution in [0.15, 0.2) is 57.9 Å². The lowest BCUT2D eigenvalue weighted by Crippen LogP contribution is -2.37. The van der Waals surface area contributed by atoms with Crippen molar-refractivity contribution < 1.29 is 23.5 Å². The van der Waals surface area contributed by atoms with E-state index in [9.17, 15) is 14.4 Å². The van der Waals surface area contributed by atoms with E-state index in [1.807, 2.05) is 18.2 Å². The summed E-state index contributed by atoms with van der Waals surface area (Å²) in [5.41, 5.74) is 2.00. The molecular weight excluding hydrogens is 452 g/mol. The van der Waals surface area contributed by atoms with Gasteiger partial charge in [-0.3, -0.25) is 19.3 Å². The van der Waals surface area contributed by atoms with E-state index in [-0.39, 0.29) is 30.7 Å². The minimum atomic E-state index is -0.433. The van der Waals surface area contributed by atoms with Crippen LogP contribution in [0.3, 0.4) is 0 Å². The van der Waals surface area contributed by atoms with Gasteiger partial charge in [-0.05, 0) is 41.6 Å². The van der Waals surface area contributed by atoms with Gasteiger partial charge in [-0.1, -0.05) is 41.9 Å². The Kier molecular flexibility index (Phi) is 6.64. The van der Waals surface area contributed by atoms with E-state index < -0.39 is 11.8 Å². The Morgan fingerprint density at radius 1 is 1.19 bits per heavy atom. The van der Waals surface area contributed by atoms with Crippen molar-refractivity contribution in [2.75, 3.05) is 20.2 Å². The summed E-state index contributed by atoms with van der Waals surface area (Å²) in [7, 11) is 1.54. The summed E-state index contributed by atoms with van der Waals surface area (Å²) in [6.45, 7) is 0.362. The Hall–Kier alpha value is -3.07. The molecule has 3 amide bonds. The third-order valence-corrected chi connectivity index (χ3v) is 6.01. The lowest BCUT2D eigenvalue weighted by Gasteiger charge is -2.12. The van der Waals surface area contributed by atoms with Gasteiger partial charge < -0.3 is 14.5 Å². The summed E-state index contributed by atoms with van der Waals surface area (Å²) in [4.78, 5) is 39.1. The molecule has 0 spiro atoms. The minimum Gasteiger partial charge on any atom is -0.451 e. The minimum absolute atomic E-state index is 0.0498. The number of carbonyl (C=O) groups excluding carboxylic acids is 3. The van der Waals surface area contributed by atoms with Crippen molar-refractivity contribution in [2.24, 2.45) is 0 Å². The van der Waals surface area contributed by atoms with Crippen molar-refractivity contribution in [3.8, 4) is 0 Å². The monoisotopic (exact) mass is 470 g/mol. The zero-order valence-electron chi connectivity index (χ0n) is 17.1. The lowest BCUT2D eigenvalue weighted by atomic mass is 10.1. The molecule has 4 rings (SSSR count). The van der Waals surface area contributed by atoms with Gasteiger partial charge in [-0.25, -0.2) is 0 Å². The summed E-state index contributed by atoms with van der Waals surface area (Å²) < 4.78 is 10.9. The van der Waals surface area contributed by atoms with Crippen molar-refractivity contribution >= 4 is 57.5 Å². The molecule has 32 heavy (non-hydrogen) atoms. The van der Waals surface area contributed by atoms with E-state index in [2.05, 4.69) is 5.32 Å². The summed E-state index contributed by atoms with van der Waals surface area (Å²) in [5.74, 6) is -0.672. The van der Waals surface area contributed by atoms with Crippen molar-refractivity contribution in [3.63, 3.8) is 0 Å². The Bertz CT molecular complexity index is 1220. The van der Waals surface area contributed by atoms with Gasteiger partial charge in [-0.15, -0.1) is 0 Å². The lowest BCUT2D eigenvalue weighted by molar-refractivity contribution is -0.122. The molecule has 1 fully saturated rings. The summed E-state index contributed by atoms with van der Waals surface area (Å²) in [6.07, 6.45) is 1.64. The van der Waals surface area contributed by atoms with E-state index in [1.165, 1.54) is 0 Å². The van der Waals surface area contributed by atoms with E-state index in [0.29, 0.717) is 21.1 Å². The van der Waals surface area contributed by atoms with Crippen LogP contribution in [0, 0.1) is 0 Å².